The Morgan fingerprint density at radius 2 is 1.69 bits per heavy atom. The number of nitro groups is 1. The SMILES string of the molecule is Nc1ccc(C(=O)Nc2ccccc2Cc2ccccc2)cc1[N+](=O)[O-]. The fraction of sp³-hybridized carbons (Fsp3) is 0.0500. The van der Waals surface area contributed by atoms with Crippen molar-refractivity contribution < 1.29 is 9.72 Å². The number of nitro benzene ring substituents is 1. The predicted octanol–water partition coefficient (Wildman–Crippen LogP) is 4.02. The monoisotopic (exact) mass is 347 g/mol. The van der Waals surface area contributed by atoms with Crippen LogP contribution in [0.2, 0.25) is 0 Å². The predicted molar refractivity (Wildman–Crippen MR) is 101 cm³/mol. The van der Waals surface area contributed by atoms with Crippen LogP contribution in [-0.2, 0) is 6.42 Å². The number of para-hydroxylation sites is 1. The first-order chi connectivity index (χ1) is 12.5. The Labute approximate surface area is 150 Å². The number of carbonyl (C=O) groups excluding carboxylic acids is 1. The topological polar surface area (TPSA) is 98.3 Å². The van der Waals surface area contributed by atoms with Gasteiger partial charge in [-0.1, -0.05) is 48.5 Å². The van der Waals surface area contributed by atoms with E-state index in [1.165, 1.54) is 18.2 Å². The lowest BCUT2D eigenvalue weighted by Crippen LogP contribution is -2.14. The van der Waals surface area contributed by atoms with Crippen LogP contribution in [0.4, 0.5) is 17.1 Å². The van der Waals surface area contributed by atoms with Crippen LogP contribution in [0.25, 0.3) is 0 Å². The van der Waals surface area contributed by atoms with E-state index in [0.717, 1.165) is 11.1 Å². The molecule has 0 aliphatic carbocycles. The van der Waals surface area contributed by atoms with E-state index in [4.69, 9.17) is 5.73 Å². The molecule has 0 aliphatic rings. The highest BCUT2D eigenvalue weighted by atomic mass is 16.6. The second kappa shape index (κ2) is 7.48. The van der Waals surface area contributed by atoms with E-state index >= 15 is 0 Å². The van der Waals surface area contributed by atoms with E-state index in [9.17, 15) is 14.9 Å². The minimum absolute atomic E-state index is 0.0241. The van der Waals surface area contributed by atoms with Crippen molar-refractivity contribution in [1.82, 2.24) is 0 Å². The number of carbonyl (C=O) groups is 1. The zero-order valence-electron chi connectivity index (χ0n) is 13.9. The van der Waals surface area contributed by atoms with Gasteiger partial charge in [-0.2, -0.15) is 0 Å². The van der Waals surface area contributed by atoms with Gasteiger partial charge in [0.2, 0.25) is 0 Å². The summed E-state index contributed by atoms with van der Waals surface area (Å²) in [5.74, 6) is -0.423. The van der Waals surface area contributed by atoms with Crippen LogP contribution in [0.15, 0.2) is 72.8 Å². The number of benzene rings is 3. The molecule has 0 heterocycles. The van der Waals surface area contributed by atoms with E-state index in [0.29, 0.717) is 12.1 Å². The maximum absolute atomic E-state index is 12.5. The summed E-state index contributed by atoms with van der Waals surface area (Å²) in [5, 5.41) is 13.8. The molecular weight excluding hydrogens is 330 g/mol. The smallest absolute Gasteiger partial charge is 0.292 e. The Morgan fingerprint density at radius 3 is 2.42 bits per heavy atom. The van der Waals surface area contributed by atoms with E-state index in [1.807, 2.05) is 54.6 Å². The molecule has 0 spiro atoms. The Morgan fingerprint density at radius 1 is 1.00 bits per heavy atom. The molecule has 0 radical (unpaired) electrons. The summed E-state index contributed by atoms with van der Waals surface area (Å²) < 4.78 is 0. The lowest BCUT2D eigenvalue weighted by Gasteiger charge is -2.11. The molecule has 6 nitrogen and oxygen atoms in total. The Bertz CT molecular complexity index is 956. The molecule has 6 heteroatoms. The number of rotatable bonds is 5. The van der Waals surface area contributed by atoms with Gasteiger partial charge in [0.05, 0.1) is 4.92 Å². The minimum atomic E-state index is -0.602. The molecule has 3 aromatic rings. The molecule has 0 saturated heterocycles. The summed E-state index contributed by atoms with van der Waals surface area (Å²) in [4.78, 5) is 22.9. The van der Waals surface area contributed by atoms with Crippen LogP contribution in [0.1, 0.15) is 21.5 Å². The Balaban J connectivity index is 1.84. The van der Waals surface area contributed by atoms with Crippen LogP contribution in [-0.4, -0.2) is 10.8 Å². The zero-order chi connectivity index (χ0) is 18.5. The molecule has 130 valence electrons. The molecule has 0 saturated carbocycles. The Hall–Kier alpha value is -3.67. The van der Waals surface area contributed by atoms with Crippen molar-refractivity contribution >= 4 is 23.0 Å². The van der Waals surface area contributed by atoms with Crippen molar-refractivity contribution in [2.75, 3.05) is 11.1 Å². The van der Waals surface area contributed by atoms with Gasteiger partial charge in [0.1, 0.15) is 5.69 Å². The van der Waals surface area contributed by atoms with Crippen LogP contribution < -0.4 is 11.1 Å². The van der Waals surface area contributed by atoms with Crippen molar-refractivity contribution in [2.24, 2.45) is 0 Å². The number of anilines is 2. The number of hydrogen-bond donors (Lipinski definition) is 2. The number of nitrogens with one attached hydrogen (secondary N) is 1. The third kappa shape index (κ3) is 3.87. The first-order valence-electron chi connectivity index (χ1n) is 8.01. The van der Waals surface area contributed by atoms with E-state index in [2.05, 4.69) is 5.32 Å². The molecule has 26 heavy (non-hydrogen) atoms. The van der Waals surface area contributed by atoms with Crippen LogP contribution in [0.3, 0.4) is 0 Å². The van der Waals surface area contributed by atoms with Crippen LogP contribution >= 0.6 is 0 Å². The minimum Gasteiger partial charge on any atom is -0.393 e. The zero-order valence-corrected chi connectivity index (χ0v) is 13.9. The molecular formula is C20H17N3O3. The lowest BCUT2D eigenvalue weighted by molar-refractivity contribution is -0.383. The fourth-order valence-electron chi connectivity index (χ4n) is 2.65. The summed E-state index contributed by atoms with van der Waals surface area (Å²) in [7, 11) is 0. The number of amides is 1. The third-order valence-electron chi connectivity index (χ3n) is 3.99. The van der Waals surface area contributed by atoms with Crippen molar-refractivity contribution in [3.8, 4) is 0 Å². The molecule has 0 atom stereocenters. The van der Waals surface area contributed by atoms with Gasteiger partial charge < -0.3 is 11.1 Å². The number of hydrogen-bond acceptors (Lipinski definition) is 4. The highest BCUT2D eigenvalue weighted by Crippen LogP contribution is 2.24. The van der Waals surface area contributed by atoms with Gasteiger partial charge in [-0.15, -0.1) is 0 Å². The van der Waals surface area contributed by atoms with Gasteiger partial charge in [0.25, 0.3) is 11.6 Å². The largest absolute Gasteiger partial charge is 0.393 e. The molecule has 1 amide bonds. The maximum Gasteiger partial charge on any atom is 0.292 e. The molecule has 0 aliphatic heterocycles. The molecule has 0 aromatic heterocycles. The average molecular weight is 347 g/mol. The highest BCUT2D eigenvalue weighted by Gasteiger charge is 2.16. The number of nitrogens with two attached hydrogens (primary N) is 1. The summed E-state index contributed by atoms with van der Waals surface area (Å²) in [5.41, 5.74) is 8.25. The summed E-state index contributed by atoms with van der Waals surface area (Å²) >= 11 is 0. The summed E-state index contributed by atoms with van der Waals surface area (Å²) in [6, 6.07) is 21.4. The maximum atomic E-state index is 12.5. The normalized spacial score (nSPS) is 10.3. The molecule has 3 aromatic carbocycles. The summed E-state index contributed by atoms with van der Waals surface area (Å²) in [6.07, 6.45) is 0.666. The van der Waals surface area contributed by atoms with Gasteiger partial charge in [-0.25, -0.2) is 0 Å². The van der Waals surface area contributed by atoms with Crippen LogP contribution in [0, 0.1) is 10.1 Å². The third-order valence-corrected chi connectivity index (χ3v) is 3.99. The molecule has 3 rings (SSSR count). The fourth-order valence-corrected chi connectivity index (χ4v) is 2.65. The van der Waals surface area contributed by atoms with Crippen molar-refractivity contribution in [3.63, 3.8) is 0 Å². The van der Waals surface area contributed by atoms with Gasteiger partial charge in [0, 0.05) is 17.3 Å². The first-order valence-corrected chi connectivity index (χ1v) is 8.01. The van der Waals surface area contributed by atoms with Crippen molar-refractivity contribution in [2.45, 2.75) is 6.42 Å². The van der Waals surface area contributed by atoms with Crippen molar-refractivity contribution in [3.05, 3.63) is 99.6 Å². The Kier molecular flexibility index (Phi) is 4.94. The highest BCUT2D eigenvalue weighted by molar-refractivity contribution is 6.05. The molecule has 0 fully saturated rings. The van der Waals surface area contributed by atoms with E-state index in [-0.39, 0.29) is 16.9 Å². The van der Waals surface area contributed by atoms with Gasteiger partial charge in [-0.3, -0.25) is 14.9 Å². The van der Waals surface area contributed by atoms with Gasteiger partial charge in [0.15, 0.2) is 0 Å². The molecule has 3 N–H and O–H groups in total. The standard InChI is InChI=1S/C20H17N3O3/c21-17-11-10-16(13-19(17)23(25)26)20(24)22-18-9-5-4-8-15(18)12-14-6-2-1-3-7-14/h1-11,13H,12,21H2,(H,22,24). The van der Waals surface area contributed by atoms with Crippen LogP contribution in [0.5, 0.6) is 0 Å². The second-order valence-corrected chi connectivity index (χ2v) is 5.80. The van der Waals surface area contributed by atoms with E-state index < -0.39 is 10.8 Å². The first kappa shape index (κ1) is 17.2. The van der Waals surface area contributed by atoms with Gasteiger partial charge >= 0.3 is 0 Å². The number of nitrogens with zero attached hydrogens (tertiary/aromatic N) is 1. The second-order valence-electron chi connectivity index (χ2n) is 5.80. The quantitative estimate of drug-likeness (QED) is 0.414. The van der Waals surface area contributed by atoms with Gasteiger partial charge in [-0.05, 0) is 35.7 Å². The average Bonchev–Trinajstić information content (AvgIpc) is 2.64. The van der Waals surface area contributed by atoms with Crippen molar-refractivity contribution in [1.29, 1.82) is 0 Å². The summed E-state index contributed by atoms with van der Waals surface area (Å²) in [6.45, 7) is 0. The number of nitrogen functional groups attached to an aromatic ring is 1. The lowest BCUT2D eigenvalue weighted by atomic mass is 10.0. The van der Waals surface area contributed by atoms with E-state index in [1.54, 1.807) is 0 Å². The molecule has 0 bridgehead atoms. The molecule has 0 unspecified atom stereocenters.